The van der Waals surface area contributed by atoms with E-state index in [9.17, 15) is 14.4 Å². The molecule has 0 atom stereocenters. The van der Waals surface area contributed by atoms with Crippen molar-refractivity contribution in [3.05, 3.63) is 74.9 Å². The first-order chi connectivity index (χ1) is 15.8. The number of nitrogens with zero attached hydrogens (tertiary/aromatic N) is 3. The van der Waals surface area contributed by atoms with Crippen LogP contribution in [0.2, 0.25) is 0 Å². The summed E-state index contributed by atoms with van der Waals surface area (Å²) in [6.45, 7) is 0.258. The molecule has 2 aromatic heterocycles. The first kappa shape index (κ1) is 22.7. The van der Waals surface area contributed by atoms with E-state index in [1.807, 2.05) is 24.3 Å². The van der Waals surface area contributed by atoms with Gasteiger partial charge in [0.2, 0.25) is 11.9 Å². The predicted octanol–water partition coefficient (Wildman–Crippen LogP) is 4.26. The quantitative estimate of drug-likeness (QED) is 0.375. The summed E-state index contributed by atoms with van der Waals surface area (Å²) in [5, 5.41) is 2.82. The number of hydrogen-bond acceptors (Lipinski definition) is 5. The number of anilines is 2. The van der Waals surface area contributed by atoms with Crippen molar-refractivity contribution >= 4 is 67.7 Å². The van der Waals surface area contributed by atoms with E-state index in [0.717, 1.165) is 3.79 Å². The third kappa shape index (κ3) is 4.96. The van der Waals surface area contributed by atoms with Crippen LogP contribution in [0.3, 0.4) is 0 Å². The maximum Gasteiger partial charge on any atom is 0.268 e. The van der Waals surface area contributed by atoms with Gasteiger partial charge < -0.3 is 15.2 Å². The molecule has 4 aromatic rings. The van der Waals surface area contributed by atoms with Crippen LogP contribution in [0.15, 0.2) is 64.5 Å². The molecule has 168 valence electrons. The van der Waals surface area contributed by atoms with Crippen molar-refractivity contribution in [3.8, 4) is 0 Å². The third-order valence-electron chi connectivity index (χ3n) is 5.05. The Morgan fingerprint density at radius 3 is 2.55 bits per heavy atom. The van der Waals surface area contributed by atoms with E-state index >= 15 is 0 Å². The fourth-order valence-electron chi connectivity index (χ4n) is 3.36. The molecule has 0 aliphatic rings. The summed E-state index contributed by atoms with van der Waals surface area (Å²) < 4.78 is 2.58. The van der Waals surface area contributed by atoms with Crippen LogP contribution in [0, 0.1) is 0 Å². The van der Waals surface area contributed by atoms with Gasteiger partial charge >= 0.3 is 0 Å². The summed E-state index contributed by atoms with van der Waals surface area (Å²) in [4.78, 5) is 43.5. The molecule has 0 radical (unpaired) electrons. The van der Waals surface area contributed by atoms with Crippen molar-refractivity contribution in [1.29, 1.82) is 0 Å². The number of amides is 3. The molecule has 2 aromatic carbocycles. The number of hydrogen-bond donors (Lipinski definition) is 2. The maximum atomic E-state index is 12.8. The van der Waals surface area contributed by atoms with Gasteiger partial charge in [0.05, 0.1) is 19.7 Å². The number of primary amides is 1. The first-order valence-electron chi connectivity index (χ1n) is 10.0. The highest BCUT2D eigenvalue weighted by molar-refractivity contribution is 9.11. The van der Waals surface area contributed by atoms with Crippen molar-refractivity contribution in [1.82, 2.24) is 9.55 Å². The van der Waals surface area contributed by atoms with Crippen LogP contribution in [-0.4, -0.2) is 34.3 Å². The number of aromatic nitrogens is 2. The molecule has 2 heterocycles. The van der Waals surface area contributed by atoms with Gasteiger partial charge in [-0.25, -0.2) is 4.98 Å². The zero-order valence-corrected chi connectivity index (χ0v) is 20.0. The molecule has 0 spiro atoms. The van der Waals surface area contributed by atoms with E-state index in [1.54, 1.807) is 52.9 Å². The fourth-order valence-corrected chi connectivity index (χ4v) is 4.64. The number of rotatable bonds is 7. The van der Waals surface area contributed by atoms with Gasteiger partial charge in [-0.15, -0.1) is 11.3 Å². The Labute approximate surface area is 202 Å². The van der Waals surface area contributed by atoms with Gasteiger partial charge in [-0.05, 0) is 58.4 Å². The molecule has 0 unspecified atom stereocenters. The van der Waals surface area contributed by atoms with Gasteiger partial charge in [0.25, 0.3) is 11.8 Å². The molecule has 10 heteroatoms. The SMILES string of the molecule is CN(C(=O)c1ccccc1)c1ccc2c(c1)nc(NC(=O)c1ccc(Br)s1)n2CCC(N)=O. The number of thiophene rings is 1. The van der Waals surface area contributed by atoms with Crippen LogP contribution in [0.5, 0.6) is 0 Å². The van der Waals surface area contributed by atoms with Gasteiger partial charge in [-0.2, -0.15) is 0 Å². The second-order valence-corrected chi connectivity index (χ2v) is 9.73. The molecular formula is C23H20BrN5O3S. The normalized spacial score (nSPS) is 10.8. The Hall–Kier alpha value is -3.50. The Balaban J connectivity index is 1.68. The molecular weight excluding hydrogens is 506 g/mol. The van der Waals surface area contributed by atoms with Crippen molar-refractivity contribution in [3.63, 3.8) is 0 Å². The molecule has 3 amide bonds. The van der Waals surface area contributed by atoms with Crippen LogP contribution < -0.4 is 16.0 Å². The zero-order valence-electron chi connectivity index (χ0n) is 17.6. The minimum absolute atomic E-state index is 0.0903. The van der Waals surface area contributed by atoms with Crippen molar-refractivity contribution < 1.29 is 14.4 Å². The summed E-state index contributed by atoms with van der Waals surface area (Å²) in [5.41, 5.74) is 7.85. The van der Waals surface area contributed by atoms with E-state index in [4.69, 9.17) is 5.73 Å². The highest BCUT2D eigenvalue weighted by Gasteiger charge is 2.19. The van der Waals surface area contributed by atoms with E-state index < -0.39 is 5.91 Å². The van der Waals surface area contributed by atoms with Crippen LogP contribution in [0.1, 0.15) is 26.5 Å². The van der Waals surface area contributed by atoms with E-state index in [-0.39, 0.29) is 24.8 Å². The largest absolute Gasteiger partial charge is 0.370 e. The maximum absolute atomic E-state index is 12.8. The lowest BCUT2D eigenvalue weighted by molar-refractivity contribution is -0.118. The number of nitrogens with one attached hydrogen (secondary N) is 1. The van der Waals surface area contributed by atoms with Gasteiger partial charge in [-0.1, -0.05) is 18.2 Å². The number of benzene rings is 2. The molecule has 3 N–H and O–H groups in total. The lowest BCUT2D eigenvalue weighted by Gasteiger charge is -2.17. The molecule has 0 bridgehead atoms. The number of halogens is 1. The minimum Gasteiger partial charge on any atom is -0.370 e. The average Bonchev–Trinajstić information content (AvgIpc) is 3.39. The van der Waals surface area contributed by atoms with Crippen LogP contribution >= 0.6 is 27.3 Å². The number of carbonyl (C=O) groups excluding carboxylic acids is 3. The molecule has 4 rings (SSSR count). The number of nitrogens with two attached hydrogens (primary N) is 1. The number of fused-ring (bicyclic) bond motifs is 1. The van der Waals surface area contributed by atoms with Crippen molar-refractivity contribution in [2.75, 3.05) is 17.3 Å². The van der Waals surface area contributed by atoms with Crippen molar-refractivity contribution in [2.45, 2.75) is 13.0 Å². The summed E-state index contributed by atoms with van der Waals surface area (Å²) in [5.74, 6) is -0.617. The average molecular weight is 526 g/mol. The summed E-state index contributed by atoms with van der Waals surface area (Å²) in [7, 11) is 1.69. The van der Waals surface area contributed by atoms with E-state index in [2.05, 4.69) is 26.2 Å². The second-order valence-electron chi connectivity index (χ2n) is 7.26. The lowest BCUT2D eigenvalue weighted by atomic mass is 10.2. The number of imidazole rings is 1. The minimum atomic E-state index is -0.457. The molecule has 0 aliphatic carbocycles. The smallest absolute Gasteiger partial charge is 0.268 e. The monoisotopic (exact) mass is 525 g/mol. The lowest BCUT2D eigenvalue weighted by Crippen LogP contribution is -2.26. The zero-order chi connectivity index (χ0) is 23.5. The summed E-state index contributed by atoms with van der Waals surface area (Å²) in [6, 6.07) is 17.9. The summed E-state index contributed by atoms with van der Waals surface area (Å²) in [6.07, 6.45) is 0.0903. The van der Waals surface area contributed by atoms with Crippen LogP contribution in [0.25, 0.3) is 11.0 Å². The highest BCUT2D eigenvalue weighted by Crippen LogP contribution is 2.27. The van der Waals surface area contributed by atoms with Crippen LogP contribution in [-0.2, 0) is 11.3 Å². The second kappa shape index (κ2) is 9.55. The fraction of sp³-hybridized carbons (Fsp3) is 0.130. The molecule has 0 fully saturated rings. The first-order valence-corrected chi connectivity index (χ1v) is 11.6. The topological polar surface area (TPSA) is 110 Å². The van der Waals surface area contributed by atoms with Gasteiger partial charge in [0.15, 0.2) is 0 Å². The molecule has 8 nitrogen and oxygen atoms in total. The number of carbonyl (C=O) groups is 3. The van der Waals surface area contributed by atoms with E-state index in [1.165, 1.54) is 11.3 Å². The Morgan fingerprint density at radius 2 is 1.88 bits per heavy atom. The van der Waals surface area contributed by atoms with Gasteiger partial charge in [-0.3, -0.25) is 19.7 Å². The highest BCUT2D eigenvalue weighted by atomic mass is 79.9. The van der Waals surface area contributed by atoms with Gasteiger partial charge in [0.1, 0.15) is 0 Å². The van der Waals surface area contributed by atoms with Gasteiger partial charge in [0, 0.05) is 31.3 Å². The van der Waals surface area contributed by atoms with E-state index in [0.29, 0.717) is 33.1 Å². The molecule has 0 saturated heterocycles. The van der Waals surface area contributed by atoms with Crippen molar-refractivity contribution in [2.24, 2.45) is 5.73 Å². The summed E-state index contributed by atoms with van der Waals surface area (Å²) >= 11 is 4.66. The number of aryl methyl sites for hydroxylation is 1. The predicted molar refractivity (Wildman–Crippen MR) is 133 cm³/mol. The Kier molecular flexibility index (Phi) is 6.57. The molecule has 0 aliphatic heterocycles. The van der Waals surface area contributed by atoms with Crippen LogP contribution in [0.4, 0.5) is 11.6 Å². The standard InChI is InChI=1S/C23H20BrN5O3S/c1-28(22(32)14-5-3-2-4-6-14)15-7-8-17-16(13-15)26-23(29(17)12-11-20(25)30)27-21(31)18-9-10-19(24)33-18/h2-10,13H,11-12H2,1H3,(H2,25,30)(H,26,27,31). The third-order valence-corrected chi connectivity index (χ3v) is 6.67. The Bertz CT molecular complexity index is 1350. The Morgan fingerprint density at radius 1 is 1.12 bits per heavy atom. The molecule has 0 saturated carbocycles. The molecule has 33 heavy (non-hydrogen) atoms.